The van der Waals surface area contributed by atoms with Crippen LogP contribution in [0.15, 0.2) is 35.8 Å². The molecule has 2 aromatic heterocycles. The van der Waals surface area contributed by atoms with Crippen LogP contribution in [-0.2, 0) is 13.1 Å². The van der Waals surface area contributed by atoms with E-state index < -0.39 is 0 Å². The molecule has 1 fully saturated rings. The normalized spacial score (nSPS) is 14.0. The molecule has 2 aromatic rings. The molecule has 0 aliphatic carbocycles. The monoisotopic (exact) mass is 344 g/mol. The minimum Gasteiger partial charge on any atom is -0.357 e. The third-order valence-electron chi connectivity index (χ3n) is 4.28. The maximum atomic E-state index is 12.4. The molecule has 1 N–H and O–H groups in total. The van der Waals surface area contributed by atoms with Gasteiger partial charge < -0.3 is 15.1 Å². The van der Waals surface area contributed by atoms with Gasteiger partial charge in [0.25, 0.3) is 0 Å². The average molecular weight is 344 g/mol. The number of hydrogen-bond acceptors (Lipinski definition) is 4. The van der Waals surface area contributed by atoms with Crippen LogP contribution in [0.25, 0.3) is 0 Å². The zero-order valence-electron chi connectivity index (χ0n) is 14.1. The molecule has 0 aromatic carbocycles. The highest BCUT2D eigenvalue weighted by Gasteiger charge is 2.15. The van der Waals surface area contributed by atoms with Crippen molar-refractivity contribution in [2.45, 2.75) is 32.9 Å². The molecule has 5 nitrogen and oxygen atoms in total. The molecule has 2 amide bonds. The summed E-state index contributed by atoms with van der Waals surface area (Å²) in [4.78, 5) is 22.2. The van der Waals surface area contributed by atoms with E-state index in [9.17, 15) is 4.79 Å². The van der Waals surface area contributed by atoms with Crippen molar-refractivity contribution in [2.24, 2.45) is 0 Å². The Labute approximate surface area is 147 Å². The Balaban J connectivity index is 1.56. The van der Waals surface area contributed by atoms with Crippen molar-refractivity contribution in [2.75, 3.05) is 24.5 Å². The van der Waals surface area contributed by atoms with E-state index in [4.69, 9.17) is 0 Å². The number of urea groups is 1. The highest BCUT2D eigenvalue weighted by molar-refractivity contribution is 7.09. The number of anilines is 1. The molecule has 0 unspecified atom stereocenters. The number of aromatic nitrogens is 1. The number of nitrogens with zero attached hydrogens (tertiary/aromatic N) is 3. The van der Waals surface area contributed by atoms with E-state index in [1.807, 2.05) is 35.5 Å². The van der Waals surface area contributed by atoms with Crippen molar-refractivity contribution >= 4 is 23.2 Å². The summed E-state index contributed by atoms with van der Waals surface area (Å²) >= 11 is 1.68. The fourth-order valence-electron chi connectivity index (χ4n) is 2.90. The second kappa shape index (κ2) is 8.15. The molecule has 24 heavy (non-hydrogen) atoms. The molecule has 1 saturated heterocycles. The number of nitrogens with one attached hydrogen (secondary N) is 1. The van der Waals surface area contributed by atoms with Crippen LogP contribution in [-0.4, -0.2) is 35.5 Å². The van der Waals surface area contributed by atoms with Crippen LogP contribution >= 0.6 is 11.3 Å². The van der Waals surface area contributed by atoms with Gasteiger partial charge in [0, 0.05) is 37.3 Å². The summed E-state index contributed by atoms with van der Waals surface area (Å²) in [6, 6.07) is 8.11. The zero-order chi connectivity index (χ0) is 16.8. The van der Waals surface area contributed by atoms with Crippen LogP contribution in [0, 0.1) is 0 Å². The first kappa shape index (κ1) is 16.8. The second-order valence-electron chi connectivity index (χ2n) is 5.97. The molecule has 0 saturated carbocycles. The van der Waals surface area contributed by atoms with E-state index in [1.54, 1.807) is 11.3 Å². The first-order valence-electron chi connectivity index (χ1n) is 8.51. The molecule has 0 atom stereocenters. The molecule has 128 valence electrons. The van der Waals surface area contributed by atoms with Gasteiger partial charge in [-0.05, 0) is 48.9 Å². The summed E-state index contributed by atoms with van der Waals surface area (Å²) in [7, 11) is 0. The Morgan fingerprint density at radius 1 is 1.38 bits per heavy atom. The molecule has 1 aliphatic heterocycles. The van der Waals surface area contributed by atoms with Crippen molar-refractivity contribution in [3.63, 3.8) is 0 Å². The quantitative estimate of drug-likeness (QED) is 0.873. The van der Waals surface area contributed by atoms with Crippen molar-refractivity contribution in [3.05, 3.63) is 46.3 Å². The Morgan fingerprint density at radius 3 is 2.92 bits per heavy atom. The van der Waals surface area contributed by atoms with E-state index in [0.29, 0.717) is 19.6 Å². The van der Waals surface area contributed by atoms with Crippen LogP contribution in [0.3, 0.4) is 0 Å². The zero-order valence-corrected chi connectivity index (χ0v) is 14.9. The minimum absolute atomic E-state index is 0.0227. The van der Waals surface area contributed by atoms with Gasteiger partial charge in [0.15, 0.2) is 0 Å². The third-order valence-corrected chi connectivity index (χ3v) is 5.14. The lowest BCUT2D eigenvalue weighted by atomic mass is 10.2. The molecule has 0 spiro atoms. The largest absolute Gasteiger partial charge is 0.357 e. The molecule has 3 rings (SSSR count). The smallest absolute Gasteiger partial charge is 0.317 e. The average Bonchev–Trinajstić information content (AvgIpc) is 3.31. The summed E-state index contributed by atoms with van der Waals surface area (Å²) < 4.78 is 0. The van der Waals surface area contributed by atoms with E-state index in [2.05, 4.69) is 27.3 Å². The van der Waals surface area contributed by atoms with Crippen LogP contribution in [0.4, 0.5) is 10.6 Å². The number of rotatable bonds is 6. The van der Waals surface area contributed by atoms with Gasteiger partial charge in [0.1, 0.15) is 5.82 Å². The summed E-state index contributed by atoms with van der Waals surface area (Å²) in [5.74, 6) is 1.02. The minimum atomic E-state index is -0.0227. The van der Waals surface area contributed by atoms with Crippen molar-refractivity contribution in [3.8, 4) is 0 Å². The molecule has 6 heteroatoms. The SMILES string of the molecule is CCN(Cc1cccs1)C(=O)NCc1ccnc(N2CCCC2)c1. The molecule has 0 bridgehead atoms. The fraction of sp³-hybridized carbons (Fsp3) is 0.444. The highest BCUT2D eigenvalue weighted by Crippen LogP contribution is 2.18. The van der Waals surface area contributed by atoms with E-state index in [-0.39, 0.29) is 6.03 Å². The number of carbonyl (C=O) groups excluding carboxylic acids is 1. The van der Waals surface area contributed by atoms with E-state index >= 15 is 0 Å². The predicted molar refractivity (Wildman–Crippen MR) is 98.3 cm³/mol. The molecule has 1 aliphatic rings. The van der Waals surface area contributed by atoms with Gasteiger partial charge in [-0.3, -0.25) is 0 Å². The Morgan fingerprint density at radius 2 is 2.21 bits per heavy atom. The lowest BCUT2D eigenvalue weighted by Gasteiger charge is -2.21. The fourth-order valence-corrected chi connectivity index (χ4v) is 3.62. The maximum Gasteiger partial charge on any atom is 0.317 e. The number of pyridine rings is 1. The van der Waals surface area contributed by atoms with Gasteiger partial charge in [-0.2, -0.15) is 0 Å². The number of amides is 2. The summed E-state index contributed by atoms with van der Waals surface area (Å²) in [6.07, 6.45) is 4.30. The molecule has 0 radical (unpaired) electrons. The van der Waals surface area contributed by atoms with Gasteiger partial charge in [-0.25, -0.2) is 9.78 Å². The van der Waals surface area contributed by atoms with Gasteiger partial charge in [0.2, 0.25) is 0 Å². The van der Waals surface area contributed by atoms with E-state index in [1.165, 1.54) is 17.7 Å². The topological polar surface area (TPSA) is 48.5 Å². The first-order chi connectivity index (χ1) is 11.8. The summed E-state index contributed by atoms with van der Waals surface area (Å²) in [6.45, 7) is 6.04. The van der Waals surface area contributed by atoms with Gasteiger partial charge in [0.05, 0.1) is 6.54 Å². The summed E-state index contributed by atoms with van der Waals surface area (Å²) in [5.41, 5.74) is 1.09. The molecular weight excluding hydrogens is 320 g/mol. The Hall–Kier alpha value is -2.08. The Kier molecular flexibility index (Phi) is 5.69. The Bertz CT molecular complexity index is 653. The van der Waals surface area contributed by atoms with Gasteiger partial charge in [-0.15, -0.1) is 11.3 Å². The van der Waals surface area contributed by atoms with E-state index in [0.717, 1.165) is 24.5 Å². The lowest BCUT2D eigenvalue weighted by Crippen LogP contribution is -2.38. The highest BCUT2D eigenvalue weighted by atomic mass is 32.1. The van der Waals surface area contributed by atoms with Crippen LogP contribution in [0.5, 0.6) is 0 Å². The lowest BCUT2D eigenvalue weighted by molar-refractivity contribution is 0.198. The van der Waals surface area contributed by atoms with Crippen molar-refractivity contribution in [1.82, 2.24) is 15.2 Å². The number of carbonyl (C=O) groups is 1. The van der Waals surface area contributed by atoms with Crippen molar-refractivity contribution < 1.29 is 4.79 Å². The standard InChI is InChI=1S/C18H24N4OS/c1-2-21(14-16-6-5-11-24-16)18(23)20-13-15-7-8-19-17(12-15)22-9-3-4-10-22/h5-8,11-12H,2-4,9-10,13-14H2,1H3,(H,20,23). The van der Waals surface area contributed by atoms with Gasteiger partial charge >= 0.3 is 6.03 Å². The molecular formula is C18H24N4OS. The predicted octanol–water partition coefficient (Wildman–Crippen LogP) is 3.48. The molecule has 3 heterocycles. The summed E-state index contributed by atoms with van der Waals surface area (Å²) in [5, 5.41) is 5.07. The van der Waals surface area contributed by atoms with Crippen molar-refractivity contribution in [1.29, 1.82) is 0 Å². The maximum absolute atomic E-state index is 12.4. The van der Waals surface area contributed by atoms with Crippen LogP contribution in [0.2, 0.25) is 0 Å². The van der Waals surface area contributed by atoms with Gasteiger partial charge in [-0.1, -0.05) is 6.07 Å². The third kappa shape index (κ3) is 4.26. The second-order valence-corrected chi connectivity index (χ2v) is 7.00. The number of hydrogen-bond donors (Lipinski definition) is 1. The van der Waals surface area contributed by atoms with Crippen LogP contribution in [0.1, 0.15) is 30.2 Å². The first-order valence-corrected chi connectivity index (χ1v) is 9.39. The number of thiophene rings is 1. The van der Waals surface area contributed by atoms with Crippen LogP contribution < -0.4 is 10.2 Å².